The number of imide groups is 1. The van der Waals surface area contributed by atoms with E-state index >= 15 is 0 Å². The molecular formula is C19H17ClN2O2. The summed E-state index contributed by atoms with van der Waals surface area (Å²) >= 11 is 6.16. The van der Waals surface area contributed by atoms with Crippen LogP contribution in [0.2, 0.25) is 5.02 Å². The van der Waals surface area contributed by atoms with Gasteiger partial charge < -0.3 is 5.32 Å². The fourth-order valence-corrected chi connectivity index (χ4v) is 2.85. The average Bonchev–Trinajstić information content (AvgIpc) is 2.82. The molecule has 0 saturated heterocycles. The second kappa shape index (κ2) is 6.49. The number of benzene rings is 2. The Morgan fingerprint density at radius 1 is 1.04 bits per heavy atom. The fourth-order valence-electron chi connectivity index (χ4n) is 2.67. The highest BCUT2D eigenvalue weighted by atomic mass is 35.5. The highest BCUT2D eigenvalue weighted by Crippen LogP contribution is 2.31. The van der Waals surface area contributed by atoms with Crippen molar-refractivity contribution in [3.05, 3.63) is 70.4 Å². The lowest BCUT2D eigenvalue weighted by Gasteiger charge is -2.12. The first-order chi connectivity index (χ1) is 11.5. The zero-order valence-corrected chi connectivity index (χ0v) is 14.2. The zero-order valence-electron chi connectivity index (χ0n) is 13.5. The third-order valence-corrected chi connectivity index (χ3v) is 4.40. The number of rotatable bonds is 4. The topological polar surface area (TPSA) is 49.4 Å². The molecule has 1 aliphatic rings. The van der Waals surface area contributed by atoms with Crippen molar-refractivity contribution in [2.75, 3.05) is 11.9 Å². The van der Waals surface area contributed by atoms with Crippen LogP contribution in [0.4, 0.5) is 5.69 Å². The van der Waals surface area contributed by atoms with E-state index in [1.54, 1.807) is 13.0 Å². The molecule has 0 aliphatic carbocycles. The Kier molecular flexibility index (Phi) is 4.40. The molecule has 1 heterocycles. The minimum Gasteiger partial charge on any atom is -0.350 e. The van der Waals surface area contributed by atoms with Crippen LogP contribution < -0.4 is 5.32 Å². The van der Waals surface area contributed by atoms with Crippen molar-refractivity contribution in [2.24, 2.45) is 0 Å². The maximum atomic E-state index is 12.7. The Labute approximate surface area is 145 Å². The molecule has 0 aromatic heterocycles. The Morgan fingerprint density at radius 3 is 2.38 bits per heavy atom. The third-order valence-electron chi connectivity index (χ3n) is 3.99. The van der Waals surface area contributed by atoms with Gasteiger partial charge in [0.1, 0.15) is 5.70 Å². The molecular weight excluding hydrogens is 324 g/mol. The molecule has 24 heavy (non-hydrogen) atoms. The van der Waals surface area contributed by atoms with Crippen molar-refractivity contribution in [1.29, 1.82) is 0 Å². The van der Waals surface area contributed by atoms with E-state index < -0.39 is 0 Å². The summed E-state index contributed by atoms with van der Waals surface area (Å²) in [5.41, 5.74) is 3.01. The number of carbonyl (C=O) groups excluding carboxylic acids is 2. The number of anilines is 1. The molecule has 0 unspecified atom stereocenters. The first-order valence-corrected chi connectivity index (χ1v) is 8.09. The van der Waals surface area contributed by atoms with Gasteiger partial charge in [0.15, 0.2) is 0 Å². The van der Waals surface area contributed by atoms with Gasteiger partial charge in [-0.15, -0.1) is 0 Å². The summed E-state index contributed by atoms with van der Waals surface area (Å²) < 4.78 is 0. The van der Waals surface area contributed by atoms with Gasteiger partial charge in [0.2, 0.25) is 0 Å². The van der Waals surface area contributed by atoms with Crippen LogP contribution in [0.1, 0.15) is 18.1 Å². The smallest absolute Gasteiger partial charge is 0.278 e. The summed E-state index contributed by atoms with van der Waals surface area (Å²) in [5, 5.41) is 3.69. The number of amides is 2. The number of nitrogens with zero attached hydrogens (tertiary/aromatic N) is 1. The number of aryl methyl sites for hydroxylation is 1. The fraction of sp³-hybridized carbons (Fsp3) is 0.158. The van der Waals surface area contributed by atoms with E-state index in [9.17, 15) is 9.59 Å². The minimum atomic E-state index is -0.321. The molecule has 3 rings (SSSR count). The summed E-state index contributed by atoms with van der Waals surface area (Å²) in [6, 6.07) is 14.7. The highest BCUT2D eigenvalue weighted by Gasteiger charge is 2.38. The molecule has 0 fully saturated rings. The predicted octanol–water partition coefficient (Wildman–Crippen LogP) is 3.86. The number of hydrogen-bond donors (Lipinski definition) is 1. The molecule has 1 aliphatic heterocycles. The maximum absolute atomic E-state index is 12.7. The number of nitrogens with one attached hydrogen (secondary N) is 1. The van der Waals surface area contributed by atoms with Crippen LogP contribution >= 0.6 is 11.6 Å². The van der Waals surface area contributed by atoms with Gasteiger partial charge in [-0.3, -0.25) is 14.5 Å². The first-order valence-electron chi connectivity index (χ1n) is 7.72. The monoisotopic (exact) mass is 340 g/mol. The average molecular weight is 341 g/mol. The van der Waals surface area contributed by atoms with E-state index in [-0.39, 0.29) is 17.5 Å². The van der Waals surface area contributed by atoms with E-state index in [1.165, 1.54) is 4.90 Å². The molecule has 2 aromatic rings. The molecule has 1 N–H and O–H groups in total. The van der Waals surface area contributed by atoms with Gasteiger partial charge in [0.05, 0.1) is 5.57 Å². The number of halogens is 1. The molecule has 2 amide bonds. The number of likely N-dealkylation sites (N-methyl/N-ethyl adjacent to an activating group) is 1. The van der Waals surface area contributed by atoms with Gasteiger partial charge in [-0.05, 0) is 37.1 Å². The molecule has 122 valence electrons. The quantitative estimate of drug-likeness (QED) is 0.860. The van der Waals surface area contributed by atoms with Crippen molar-refractivity contribution in [1.82, 2.24) is 4.90 Å². The summed E-state index contributed by atoms with van der Waals surface area (Å²) in [5.74, 6) is -0.604. The molecule has 5 heteroatoms. The van der Waals surface area contributed by atoms with Gasteiger partial charge in [0.25, 0.3) is 11.8 Å². The predicted molar refractivity (Wildman–Crippen MR) is 95.6 cm³/mol. The molecule has 0 atom stereocenters. The summed E-state index contributed by atoms with van der Waals surface area (Å²) in [6.45, 7) is 4.02. The largest absolute Gasteiger partial charge is 0.350 e. The normalized spacial score (nSPS) is 14.5. The second-order valence-electron chi connectivity index (χ2n) is 5.56. The molecule has 0 spiro atoms. The van der Waals surface area contributed by atoms with E-state index in [1.807, 2.05) is 49.4 Å². The van der Waals surface area contributed by atoms with Crippen LogP contribution in [0.25, 0.3) is 5.57 Å². The highest BCUT2D eigenvalue weighted by molar-refractivity contribution is 6.36. The van der Waals surface area contributed by atoms with Crippen LogP contribution in [0.3, 0.4) is 0 Å². The van der Waals surface area contributed by atoms with Crippen molar-refractivity contribution >= 4 is 34.7 Å². The van der Waals surface area contributed by atoms with E-state index in [4.69, 9.17) is 11.6 Å². The van der Waals surface area contributed by atoms with Crippen LogP contribution in [-0.4, -0.2) is 23.3 Å². The van der Waals surface area contributed by atoms with Crippen molar-refractivity contribution < 1.29 is 9.59 Å². The van der Waals surface area contributed by atoms with Crippen molar-refractivity contribution in [3.63, 3.8) is 0 Å². The first kappa shape index (κ1) is 16.3. The lowest BCUT2D eigenvalue weighted by atomic mass is 10.0. The van der Waals surface area contributed by atoms with E-state index in [0.717, 1.165) is 5.56 Å². The summed E-state index contributed by atoms with van der Waals surface area (Å²) in [7, 11) is 0. The lowest BCUT2D eigenvalue weighted by molar-refractivity contribution is -0.136. The van der Waals surface area contributed by atoms with Crippen molar-refractivity contribution in [2.45, 2.75) is 13.8 Å². The van der Waals surface area contributed by atoms with Gasteiger partial charge in [-0.1, -0.05) is 48.0 Å². The summed E-state index contributed by atoms with van der Waals surface area (Å²) in [6.07, 6.45) is 0. The van der Waals surface area contributed by atoms with Crippen LogP contribution in [0.5, 0.6) is 0 Å². The van der Waals surface area contributed by atoms with Gasteiger partial charge in [-0.2, -0.15) is 0 Å². The Bertz CT molecular complexity index is 844. The van der Waals surface area contributed by atoms with Gasteiger partial charge >= 0.3 is 0 Å². The number of hydrogen-bond acceptors (Lipinski definition) is 3. The SMILES string of the molecule is CCN1C(=O)C(Nc2ccc(C)c(Cl)c2)=C(c2ccccc2)C1=O. The molecule has 0 radical (unpaired) electrons. The van der Waals surface area contributed by atoms with Crippen LogP contribution in [0, 0.1) is 6.92 Å². The van der Waals surface area contributed by atoms with Crippen LogP contribution in [0.15, 0.2) is 54.2 Å². The summed E-state index contributed by atoms with van der Waals surface area (Å²) in [4.78, 5) is 26.5. The maximum Gasteiger partial charge on any atom is 0.278 e. The van der Waals surface area contributed by atoms with Gasteiger partial charge in [0, 0.05) is 17.3 Å². The minimum absolute atomic E-state index is 0.283. The van der Waals surface area contributed by atoms with E-state index in [2.05, 4.69) is 5.32 Å². The molecule has 2 aromatic carbocycles. The molecule has 0 saturated carbocycles. The number of carbonyl (C=O) groups is 2. The second-order valence-corrected chi connectivity index (χ2v) is 5.97. The zero-order chi connectivity index (χ0) is 17.3. The van der Waals surface area contributed by atoms with E-state index in [0.29, 0.717) is 28.4 Å². The molecule has 0 bridgehead atoms. The van der Waals surface area contributed by atoms with Crippen molar-refractivity contribution in [3.8, 4) is 0 Å². The molecule has 4 nitrogen and oxygen atoms in total. The lowest BCUT2D eigenvalue weighted by Crippen LogP contribution is -2.32. The Balaban J connectivity index is 2.08. The van der Waals surface area contributed by atoms with Gasteiger partial charge in [-0.25, -0.2) is 0 Å². The van der Waals surface area contributed by atoms with Crippen LogP contribution in [-0.2, 0) is 9.59 Å². The Hall–Kier alpha value is -2.59. The Morgan fingerprint density at radius 2 is 1.75 bits per heavy atom. The standard InChI is InChI=1S/C19H17ClN2O2/c1-3-22-18(23)16(13-7-5-4-6-8-13)17(19(22)24)21-14-10-9-12(2)15(20)11-14/h4-11,21H,3H2,1-2H3. The third kappa shape index (κ3) is 2.81.